The lowest BCUT2D eigenvalue weighted by atomic mass is 10.2. The average molecular weight is 277 g/mol. The molecule has 0 radical (unpaired) electrons. The number of amides is 1. The second-order valence-corrected chi connectivity index (χ2v) is 3.63. The molecule has 0 fully saturated rings. The summed E-state index contributed by atoms with van der Waals surface area (Å²) in [5, 5.41) is 8.77. The van der Waals surface area contributed by atoms with Crippen molar-refractivity contribution in [2.75, 3.05) is 0 Å². The molecule has 0 atom stereocenters. The van der Waals surface area contributed by atoms with Crippen LogP contribution in [0.15, 0.2) is 30.6 Å². The molecular weight excluding hydrogens is 269 g/mol. The third-order valence-corrected chi connectivity index (χ3v) is 2.27. The van der Waals surface area contributed by atoms with Crippen LogP contribution in [0.3, 0.4) is 0 Å². The molecule has 3 N–H and O–H groups in total. The van der Waals surface area contributed by atoms with Crippen molar-refractivity contribution in [2.45, 2.75) is 0 Å². The molecule has 0 spiro atoms. The standard InChI is InChI=1S/C12H8FN3O4/c13-6-2-1-3-8(10(6)11(14)17)20-9-5-15-4-7(16-9)12(18)19/h1-5H,(H2,14,17)(H,18,19). The normalized spacial score (nSPS) is 10.1. The maximum atomic E-state index is 13.5. The number of benzene rings is 1. The predicted octanol–water partition coefficient (Wildman–Crippen LogP) is 1.21. The summed E-state index contributed by atoms with van der Waals surface area (Å²) in [7, 11) is 0. The van der Waals surface area contributed by atoms with E-state index in [1.165, 1.54) is 12.1 Å². The van der Waals surface area contributed by atoms with E-state index in [1.807, 2.05) is 0 Å². The Morgan fingerprint density at radius 1 is 1.30 bits per heavy atom. The average Bonchev–Trinajstić information content (AvgIpc) is 2.38. The van der Waals surface area contributed by atoms with Gasteiger partial charge in [0.25, 0.3) is 5.91 Å². The molecule has 1 aromatic heterocycles. The predicted molar refractivity (Wildman–Crippen MR) is 64.0 cm³/mol. The summed E-state index contributed by atoms with van der Waals surface area (Å²) in [6.45, 7) is 0. The number of aromatic nitrogens is 2. The fraction of sp³-hybridized carbons (Fsp3) is 0. The zero-order chi connectivity index (χ0) is 14.7. The van der Waals surface area contributed by atoms with Crippen LogP contribution in [0, 0.1) is 5.82 Å². The number of hydrogen-bond acceptors (Lipinski definition) is 5. The van der Waals surface area contributed by atoms with Crippen LogP contribution in [-0.2, 0) is 0 Å². The highest BCUT2D eigenvalue weighted by molar-refractivity contribution is 5.96. The first kappa shape index (κ1) is 13.4. The first-order valence-corrected chi connectivity index (χ1v) is 5.30. The van der Waals surface area contributed by atoms with Crippen molar-refractivity contribution in [3.63, 3.8) is 0 Å². The highest BCUT2D eigenvalue weighted by atomic mass is 19.1. The van der Waals surface area contributed by atoms with Gasteiger partial charge in [-0.25, -0.2) is 14.2 Å². The van der Waals surface area contributed by atoms with Crippen molar-refractivity contribution in [3.8, 4) is 11.6 Å². The topological polar surface area (TPSA) is 115 Å². The van der Waals surface area contributed by atoms with Gasteiger partial charge in [0.05, 0.1) is 12.4 Å². The van der Waals surface area contributed by atoms with Gasteiger partial charge in [-0.15, -0.1) is 0 Å². The molecule has 8 heteroatoms. The van der Waals surface area contributed by atoms with E-state index in [0.717, 1.165) is 18.5 Å². The Hall–Kier alpha value is -3.03. The molecule has 0 saturated heterocycles. The molecule has 1 heterocycles. The Morgan fingerprint density at radius 2 is 2.05 bits per heavy atom. The lowest BCUT2D eigenvalue weighted by molar-refractivity contribution is 0.0688. The van der Waals surface area contributed by atoms with E-state index in [2.05, 4.69) is 9.97 Å². The van der Waals surface area contributed by atoms with Crippen LogP contribution in [0.2, 0.25) is 0 Å². The van der Waals surface area contributed by atoms with E-state index in [0.29, 0.717) is 0 Å². The third-order valence-electron chi connectivity index (χ3n) is 2.27. The summed E-state index contributed by atoms with van der Waals surface area (Å²) in [5.41, 5.74) is 4.26. The van der Waals surface area contributed by atoms with Gasteiger partial charge in [0.1, 0.15) is 17.1 Å². The molecule has 0 bridgehead atoms. The molecule has 102 valence electrons. The van der Waals surface area contributed by atoms with Gasteiger partial charge >= 0.3 is 5.97 Å². The summed E-state index contributed by atoms with van der Waals surface area (Å²) in [5.74, 6) is -3.53. The Morgan fingerprint density at radius 3 is 2.70 bits per heavy atom. The highest BCUT2D eigenvalue weighted by Crippen LogP contribution is 2.25. The fourth-order valence-corrected chi connectivity index (χ4v) is 1.44. The summed E-state index contributed by atoms with van der Waals surface area (Å²) in [4.78, 5) is 29.2. The summed E-state index contributed by atoms with van der Waals surface area (Å²) in [6.07, 6.45) is 2.15. The van der Waals surface area contributed by atoms with Crippen LogP contribution in [-0.4, -0.2) is 27.0 Å². The number of nitrogens with zero attached hydrogens (tertiary/aromatic N) is 2. The molecule has 1 aromatic carbocycles. The van der Waals surface area contributed by atoms with Gasteiger partial charge in [-0.2, -0.15) is 0 Å². The number of hydrogen-bond donors (Lipinski definition) is 2. The molecule has 20 heavy (non-hydrogen) atoms. The molecule has 0 aliphatic carbocycles. The maximum absolute atomic E-state index is 13.5. The number of primary amides is 1. The van der Waals surface area contributed by atoms with Crippen LogP contribution >= 0.6 is 0 Å². The van der Waals surface area contributed by atoms with Gasteiger partial charge in [0, 0.05) is 0 Å². The smallest absolute Gasteiger partial charge is 0.356 e. The van der Waals surface area contributed by atoms with Gasteiger partial charge in [-0.05, 0) is 12.1 Å². The number of carboxylic acid groups (broad SMARTS) is 1. The number of halogens is 1. The first-order chi connectivity index (χ1) is 9.49. The number of carboxylic acids is 1. The summed E-state index contributed by atoms with van der Waals surface area (Å²) >= 11 is 0. The van der Waals surface area contributed by atoms with E-state index >= 15 is 0 Å². The van der Waals surface area contributed by atoms with Gasteiger partial charge in [0.2, 0.25) is 5.88 Å². The van der Waals surface area contributed by atoms with Crippen molar-refractivity contribution < 1.29 is 23.8 Å². The lowest BCUT2D eigenvalue weighted by Gasteiger charge is -2.08. The zero-order valence-corrected chi connectivity index (χ0v) is 9.91. The number of rotatable bonds is 4. The minimum absolute atomic E-state index is 0.172. The van der Waals surface area contributed by atoms with Crippen molar-refractivity contribution in [1.82, 2.24) is 9.97 Å². The molecule has 0 saturated carbocycles. The van der Waals surface area contributed by atoms with Crippen LogP contribution in [0.4, 0.5) is 4.39 Å². The Balaban J connectivity index is 2.40. The molecule has 0 unspecified atom stereocenters. The van der Waals surface area contributed by atoms with Crippen LogP contribution in [0.1, 0.15) is 20.8 Å². The number of aromatic carboxylic acids is 1. The quantitative estimate of drug-likeness (QED) is 0.867. The molecule has 1 amide bonds. The van der Waals surface area contributed by atoms with E-state index < -0.39 is 23.3 Å². The highest BCUT2D eigenvalue weighted by Gasteiger charge is 2.16. The minimum Gasteiger partial charge on any atom is -0.476 e. The minimum atomic E-state index is -1.29. The fourth-order valence-electron chi connectivity index (χ4n) is 1.44. The molecule has 0 aliphatic rings. The zero-order valence-electron chi connectivity index (χ0n) is 9.91. The lowest BCUT2D eigenvalue weighted by Crippen LogP contribution is -2.14. The maximum Gasteiger partial charge on any atom is 0.356 e. The van der Waals surface area contributed by atoms with E-state index in [4.69, 9.17) is 15.6 Å². The first-order valence-electron chi connectivity index (χ1n) is 5.30. The summed E-state index contributed by atoms with van der Waals surface area (Å²) < 4.78 is 18.7. The number of carbonyl (C=O) groups excluding carboxylic acids is 1. The largest absolute Gasteiger partial charge is 0.476 e. The van der Waals surface area contributed by atoms with Gasteiger partial charge in [-0.3, -0.25) is 9.78 Å². The second kappa shape index (κ2) is 5.31. The van der Waals surface area contributed by atoms with E-state index in [9.17, 15) is 14.0 Å². The van der Waals surface area contributed by atoms with Crippen LogP contribution in [0.5, 0.6) is 11.6 Å². The van der Waals surface area contributed by atoms with E-state index in [1.54, 1.807) is 0 Å². The van der Waals surface area contributed by atoms with Gasteiger partial charge < -0.3 is 15.6 Å². The number of carbonyl (C=O) groups is 2. The van der Waals surface area contributed by atoms with Crippen molar-refractivity contribution in [1.29, 1.82) is 0 Å². The van der Waals surface area contributed by atoms with Crippen molar-refractivity contribution in [3.05, 3.63) is 47.7 Å². The Labute approximate surface area is 111 Å². The summed E-state index contributed by atoms with van der Waals surface area (Å²) in [6, 6.07) is 3.66. The number of nitrogens with two attached hydrogens (primary N) is 1. The van der Waals surface area contributed by atoms with Gasteiger partial charge in [-0.1, -0.05) is 6.07 Å². The Bertz CT molecular complexity index is 690. The molecule has 7 nitrogen and oxygen atoms in total. The van der Waals surface area contributed by atoms with Crippen LogP contribution < -0.4 is 10.5 Å². The number of ether oxygens (including phenoxy) is 1. The second-order valence-electron chi connectivity index (χ2n) is 3.63. The molecule has 0 aliphatic heterocycles. The van der Waals surface area contributed by atoms with Crippen molar-refractivity contribution >= 4 is 11.9 Å². The van der Waals surface area contributed by atoms with E-state index in [-0.39, 0.29) is 17.3 Å². The Kier molecular flexibility index (Phi) is 3.56. The van der Waals surface area contributed by atoms with Crippen molar-refractivity contribution in [2.24, 2.45) is 5.73 Å². The molecule has 2 rings (SSSR count). The van der Waals surface area contributed by atoms with Gasteiger partial charge in [0.15, 0.2) is 5.69 Å². The SMILES string of the molecule is NC(=O)c1c(F)cccc1Oc1cncc(C(=O)O)n1. The molecule has 2 aromatic rings. The monoisotopic (exact) mass is 277 g/mol. The van der Waals surface area contributed by atoms with Crippen LogP contribution in [0.25, 0.3) is 0 Å². The third kappa shape index (κ3) is 2.69. The molecular formula is C12H8FN3O4.